The summed E-state index contributed by atoms with van der Waals surface area (Å²) >= 11 is 6.17. The minimum atomic E-state index is -0.816. The quantitative estimate of drug-likeness (QED) is 0.431. The molecule has 2 aromatic carbocycles. The molecule has 0 aliphatic carbocycles. The summed E-state index contributed by atoms with van der Waals surface area (Å²) in [6.45, 7) is 4.70. The van der Waals surface area contributed by atoms with Gasteiger partial charge in [-0.05, 0) is 61.4 Å². The fraction of sp³-hybridized carbons (Fsp3) is 0.160. The maximum Gasteiger partial charge on any atom is 0.335 e. The van der Waals surface area contributed by atoms with Gasteiger partial charge in [0.25, 0.3) is 11.8 Å². The number of nitrogens with one attached hydrogen (secondary N) is 1. The number of nitrogens with zero attached hydrogens (tertiary/aromatic N) is 2. The number of para-hydroxylation sites is 1. The van der Waals surface area contributed by atoms with E-state index in [0.29, 0.717) is 23.9 Å². The number of benzene rings is 2. The third-order valence-corrected chi connectivity index (χ3v) is 5.76. The molecule has 168 valence electrons. The van der Waals surface area contributed by atoms with Crippen LogP contribution in [0, 0.1) is 13.8 Å². The van der Waals surface area contributed by atoms with Crippen LogP contribution in [-0.2, 0) is 16.1 Å². The summed E-state index contributed by atoms with van der Waals surface area (Å²) in [6.07, 6.45) is 3.31. The van der Waals surface area contributed by atoms with Crippen LogP contribution in [0.3, 0.4) is 0 Å². The molecule has 4 amide bonds. The molecule has 1 saturated heterocycles. The van der Waals surface area contributed by atoms with E-state index in [4.69, 9.17) is 16.3 Å². The van der Waals surface area contributed by atoms with Gasteiger partial charge in [0.2, 0.25) is 0 Å². The first-order valence-corrected chi connectivity index (χ1v) is 10.7. The molecule has 1 N–H and O–H groups in total. The summed E-state index contributed by atoms with van der Waals surface area (Å²) in [5, 5.41) is 2.64. The van der Waals surface area contributed by atoms with E-state index in [-0.39, 0.29) is 11.3 Å². The van der Waals surface area contributed by atoms with Crippen molar-refractivity contribution in [2.45, 2.75) is 20.4 Å². The molecular weight excluding hydrogens is 442 g/mol. The lowest BCUT2D eigenvalue weighted by Crippen LogP contribution is -2.54. The number of ether oxygens (including phenoxy) is 1. The average molecular weight is 464 g/mol. The van der Waals surface area contributed by atoms with Gasteiger partial charge in [0, 0.05) is 16.9 Å². The number of barbiturate groups is 1. The van der Waals surface area contributed by atoms with Gasteiger partial charge in [-0.15, -0.1) is 0 Å². The van der Waals surface area contributed by atoms with Crippen molar-refractivity contribution in [3.63, 3.8) is 0 Å². The van der Waals surface area contributed by atoms with Crippen molar-refractivity contribution in [2.75, 3.05) is 11.5 Å². The van der Waals surface area contributed by atoms with Crippen molar-refractivity contribution in [1.29, 1.82) is 0 Å². The third kappa shape index (κ3) is 4.68. The van der Waals surface area contributed by atoms with Gasteiger partial charge in [-0.25, -0.2) is 9.69 Å². The van der Waals surface area contributed by atoms with E-state index in [1.54, 1.807) is 18.2 Å². The predicted molar refractivity (Wildman–Crippen MR) is 126 cm³/mol. The Morgan fingerprint density at radius 2 is 1.79 bits per heavy atom. The molecule has 1 aliphatic heterocycles. The minimum Gasteiger partial charge on any atom is -0.491 e. The Morgan fingerprint density at radius 3 is 2.55 bits per heavy atom. The van der Waals surface area contributed by atoms with Crippen molar-refractivity contribution >= 4 is 41.2 Å². The van der Waals surface area contributed by atoms with Gasteiger partial charge in [-0.2, -0.15) is 0 Å². The molecule has 1 aromatic heterocycles. The third-order valence-electron chi connectivity index (χ3n) is 5.36. The largest absolute Gasteiger partial charge is 0.491 e. The second-order valence-electron chi connectivity index (χ2n) is 7.63. The van der Waals surface area contributed by atoms with Crippen molar-refractivity contribution < 1.29 is 19.1 Å². The molecule has 2 heterocycles. The van der Waals surface area contributed by atoms with Gasteiger partial charge in [-0.1, -0.05) is 35.9 Å². The molecule has 8 heteroatoms. The number of aryl methyl sites for hydroxylation is 2. The molecule has 0 bridgehead atoms. The molecule has 0 atom stereocenters. The van der Waals surface area contributed by atoms with Crippen LogP contribution in [0.25, 0.3) is 6.08 Å². The second-order valence-corrected chi connectivity index (χ2v) is 8.04. The summed E-state index contributed by atoms with van der Waals surface area (Å²) in [4.78, 5) is 38.9. The molecule has 0 unspecified atom stereocenters. The van der Waals surface area contributed by atoms with Crippen LogP contribution >= 0.6 is 11.6 Å². The van der Waals surface area contributed by atoms with E-state index in [2.05, 4.69) is 5.32 Å². The Morgan fingerprint density at radius 1 is 1.00 bits per heavy atom. The number of halogens is 1. The Bertz CT molecular complexity index is 1280. The topological polar surface area (TPSA) is 80.6 Å². The van der Waals surface area contributed by atoms with Crippen molar-refractivity contribution in [2.24, 2.45) is 0 Å². The maximum absolute atomic E-state index is 13.1. The Balaban J connectivity index is 1.55. The van der Waals surface area contributed by atoms with Gasteiger partial charge < -0.3 is 9.30 Å². The molecule has 0 spiro atoms. The van der Waals surface area contributed by atoms with E-state index in [9.17, 15) is 14.4 Å². The Labute approximate surface area is 196 Å². The summed E-state index contributed by atoms with van der Waals surface area (Å²) in [5.41, 5.74) is 2.62. The predicted octanol–water partition coefficient (Wildman–Crippen LogP) is 4.50. The Hall–Kier alpha value is -3.84. The zero-order chi connectivity index (χ0) is 23.5. The number of imide groups is 2. The molecule has 7 nitrogen and oxygen atoms in total. The van der Waals surface area contributed by atoms with E-state index >= 15 is 0 Å². The number of amides is 4. The van der Waals surface area contributed by atoms with Gasteiger partial charge >= 0.3 is 6.03 Å². The average Bonchev–Trinajstić information content (AvgIpc) is 3.22. The van der Waals surface area contributed by atoms with Gasteiger partial charge in [0.1, 0.15) is 17.9 Å². The SMILES string of the molecule is Cc1ccc(N2C(=O)NC(=O)C(=Cc3cccn3CCOc3ccccc3C)C2=O)cc1Cl. The highest BCUT2D eigenvalue weighted by Crippen LogP contribution is 2.27. The van der Waals surface area contributed by atoms with Crippen LogP contribution < -0.4 is 15.0 Å². The molecule has 3 aromatic rings. The van der Waals surface area contributed by atoms with E-state index in [1.165, 1.54) is 12.1 Å². The minimum absolute atomic E-state index is 0.147. The Kier molecular flexibility index (Phi) is 6.33. The van der Waals surface area contributed by atoms with Crippen LogP contribution in [0.4, 0.5) is 10.5 Å². The van der Waals surface area contributed by atoms with Crippen LogP contribution in [0.2, 0.25) is 5.02 Å². The fourth-order valence-electron chi connectivity index (χ4n) is 3.49. The zero-order valence-electron chi connectivity index (χ0n) is 18.2. The van der Waals surface area contributed by atoms with Crippen LogP contribution in [-0.4, -0.2) is 29.0 Å². The molecular formula is C25H22ClN3O4. The number of rotatable bonds is 6. The first-order chi connectivity index (χ1) is 15.8. The number of carbonyl (C=O) groups is 3. The number of anilines is 1. The van der Waals surface area contributed by atoms with Crippen LogP contribution in [0.15, 0.2) is 66.4 Å². The van der Waals surface area contributed by atoms with E-state index < -0.39 is 17.8 Å². The molecule has 0 radical (unpaired) electrons. The van der Waals surface area contributed by atoms with Crippen LogP contribution in [0.5, 0.6) is 5.75 Å². The molecule has 1 fully saturated rings. The van der Waals surface area contributed by atoms with Crippen LogP contribution in [0.1, 0.15) is 16.8 Å². The zero-order valence-corrected chi connectivity index (χ0v) is 18.9. The number of hydrogen-bond acceptors (Lipinski definition) is 4. The standard InChI is InChI=1S/C25H22ClN3O4/c1-16-9-10-19(15-21(16)26)29-24(31)20(23(30)27-25(29)32)14-18-7-5-11-28(18)12-13-33-22-8-4-3-6-17(22)2/h3-11,14-15H,12-13H2,1-2H3,(H,27,30,32). The lowest BCUT2D eigenvalue weighted by Gasteiger charge is -2.26. The van der Waals surface area contributed by atoms with Crippen molar-refractivity contribution in [3.8, 4) is 5.75 Å². The summed E-state index contributed by atoms with van der Waals surface area (Å²) in [5.74, 6) is -0.659. The number of carbonyl (C=O) groups excluding carboxylic acids is 3. The van der Waals surface area contributed by atoms with Crippen molar-refractivity contribution in [1.82, 2.24) is 9.88 Å². The monoisotopic (exact) mass is 463 g/mol. The summed E-state index contributed by atoms with van der Waals surface area (Å²) in [7, 11) is 0. The lowest BCUT2D eigenvalue weighted by molar-refractivity contribution is -0.122. The molecule has 0 saturated carbocycles. The normalized spacial score (nSPS) is 15.2. The highest BCUT2D eigenvalue weighted by atomic mass is 35.5. The molecule has 33 heavy (non-hydrogen) atoms. The summed E-state index contributed by atoms with van der Waals surface area (Å²) in [6, 6.07) is 15.4. The number of aromatic nitrogens is 1. The van der Waals surface area contributed by atoms with Crippen molar-refractivity contribution in [3.05, 3.63) is 88.2 Å². The molecule has 4 rings (SSSR count). The van der Waals surface area contributed by atoms with Gasteiger partial charge in [0.05, 0.1) is 12.2 Å². The summed E-state index contributed by atoms with van der Waals surface area (Å²) < 4.78 is 7.72. The van der Waals surface area contributed by atoms with E-state index in [1.807, 2.05) is 54.9 Å². The number of urea groups is 1. The number of hydrogen-bond donors (Lipinski definition) is 1. The fourth-order valence-corrected chi connectivity index (χ4v) is 3.67. The van der Waals surface area contributed by atoms with Gasteiger partial charge in [-0.3, -0.25) is 14.9 Å². The smallest absolute Gasteiger partial charge is 0.335 e. The molecule has 1 aliphatic rings. The van der Waals surface area contributed by atoms with E-state index in [0.717, 1.165) is 21.8 Å². The first kappa shape index (κ1) is 22.4. The van der Waals surface area contributed by atoms with Gasteiger partial charge in [0.15, 0.2) is 0 Å². The lowest BCUT2D eigenvalue weighted by atomic mass is 10.1. The first-order valence-electron chi connectivity index (χ1n) is 10.4. The highest BCUT2D eigenvalue weighted by Gasteiger charge is 2.37. The maximum atomic E-state index is 13.1. The second kappa shape index (κ2) is 9.34. The highest BCUT2D eigenvalue weighted by molar-refractivity contribution is 6.39.